The van der Waals surface area contributed by atoms with Gasteiger partial charge in [0.05, 0.1) is 0 Å². The van der Waals surface area contributed by atoms with E-state index in [1.807, 2.05) is 0 Å². The second kappa shape index (κ2) is 28.4. The quantitative estimate of drug-likeness (QED) is 0.235. The van der Waals surface area contributed by atoms with E-state index in [4.69, 9.17) is 0 Å². The summed E-state index contributed by atoms with van der Waals surface area (Å²) >= 11 is 0. The third-order valence-electron chi connectivity index (χ3n) is 3.34. The Morgan fingerprint density at radius 2 is 0.800 bits per heavy atom. The van der Waals surface area contributed by atoms with Crippen LogP contribution in [0.2, 0.25) is 0 Å². The third-order valence-corrected chi connectivity index (χ3v) is 3.34. The predicted molar refractivity (Wildman–Crippen MR) is 94.3 cm³/mol. The minimum Gasteiger partial charge on any atom is -0.662 e. The third kappa shape index (κ3) is 27.6. The van der Waals surface area contributed by atoms with Crippen LogP contribution in [0.25, 0.3) is 5.32 Å². The van der Waals surface area contributed by atoms with Crippen LogP contribution in [0, 0.1) is 0 Å². The van der Waals surface area contributed by atoms with Gasteiger partial charge in [-0.3, -0.25) is 0 Å². The molecular weight excluding hydrogens is 325 g/mol. The Kier molecular flexibility index (Phi) is 41.6. The van der Waals surface area contributed by atoms with E-state index in [2.05, 4.69) is 19.2 Å². The zero-order chi connectivity index (χ0) is 12.6. The van der Waals surface area contributed by atoms with Gasteiger partial charge in [0.1, 0.15) is 0 Å². The fraction of sp³-hybridized carbons (Fsp3) is 1.00. The van der Waals surface area contributed by atoms with Crippen molar-refractivity contribution >= 4 is 24.8 Å². The number of hydrogen-bond acceptors (Lipinski definition) is 0. The summed E-state index contributed by atoms with van der Waals surface area (Å²) in [5.41, 5.74) is 0. The van der Waals surface area contributed by atoms with Gasteiger partial charge in [0, 0.05) is 21.7 Å². The molecule has 0 aliphatic rings. The molecule has 4 heteroatoms. The molecule has 0 aliphatic heterocycles. The Balaban J connectivity index is -0.000000427. The van der Waals surface area contributed by atoms with Crippen LogP contribution in [-0.4, -0.2) is 13.1 Å². The van der Waals surface area contributed by atoms with Gasteiger partial charge in [0.15, 0.2) is 0 Å². The second-order valence-electron chi connectivity index (χ2n) is 5.21. The molecule has 0 rings (SSSR count). The van der Waals surface area contributed by atoms with Crippen molar-refractivity contribution in [3.63, 3.8) is 0 Å². The van der Waals surface area contributed by atoms with Crippen molar-refractivity contribution in [3.8, 4) is 0 Å². The van der Waals surface area contributed by atoms with Gasteiger partial charge in [-0.25, -0.2) is 0 Å². The SMILES string of the molecule is CCCCCCCC[N-]CCCCCCCC.Cl.Cl.[Ti]. The molecule has 0 spiro atoms. The van der Waals surface area contributed by atoms with Crippen LogP contribution in [0.4, 0.5) is 0 Å². The second-order valence-corrected chi connectivity index (χ2v) is 5.21. The first-order valence-electron chi connectivity index (χ1n) is 8.05. The van der Waals surface area contributed by atoms with E-state index in [1.54, 1.807) is 0 Å². The Morgan fingerprint density at radius 1 is 0.500 bits per heavy atom. The van der Waals surface area contributed by atoms with Crippen LogP contribution in [0.15, 0.2) is 0 Å². The number of hydrogen-bond donors (Lipinski definition) is 0. The van der Waals surface area contributed by atoms with Crippen molar-refractivity contribution in [3.05, 3.63) is 5.32 Å². The predicted octanol–water partition coefficient (Wildman–Crippen LogP) is 6.92. The summed E-state index contributed by atoms with van der Waals surface area (Å²) < 4.78 is 0. The van der Waals surface area contributed by atoms with Gasteiger partial charge in [-0.05, 0) is 0 Å². The van der Waals surface area contributed by atoms with E-state index >= 15 is 0 Å². The van der Waals surface area contributed by atoms with Gasteiger partial charge in [-0.2, -0.15) is 0 Å². The van der Waals surface area contributed by atoms with Crippen molar-refractivity contribution in [1.82, 2.24) is 0 Å². The number of unbranched alkanes of at least 4 members (excludes halogenated alkanes) is 10. The molecule has 20 heavy (non-hydrogen) atoms. The molecule has 0 bridgehead atoms. The number of halogens is 2. The molecule has 0 unspecified atom stereocenters. The van der Waals surface area contributed by atoms with Gasteiger partial charge < -0.3 is 5.32 Å². The zero-order valence-corrected chi connectivity index (χ0v) is 16.9. The van der Waals surface area contributed by atoms with E-state index in [0.29, 0.717) is 0 Å². The molecule has 0 atom stereocenters. The molecule has 0 saturated carbocycles. The van der Waals surface area contributed by atoms with E-state index < -0.39 is 0 Å². The summed E-state index contributed by atoms with van der Waals surface area (Å²) in [6.07, 6.45) is 16.6. The Bertz CT molecular complexity index is 124. The van der Waals surface area contributed by atoms with E-state index in [9.17, 15) is 0 Å². The Hall–Kier alpha value is 1.25. The van der Waals surface area contributed by atoms with Gasteiger partial charge in [0.25, 0.3) is 0 Å². The van der Waals surface area contributed by atoms with Gasteiger partial charge in [-0.1, -0.05) is 90.9 Å². The molecule has 124 valence electrons. The van der Waals surface area contributed by atoms with Crippen molar-refractivity contribution < 1.29 is 21.7 Å². The molecule has 0 heterocycles. The summed E-state index contributed by atoms with van der Waals surface area (Å²) in [6.45, 7) is 6.77. The first-order chi connectivity index (χ1) is 8.41. The van der Waals surface area contributed by atoms with Crippen molar-refractivity contribution in [2.45, 2.75) is 90.9 Å². The molecule has 0 aromatic heterocycles. The fourth-order valence-electron chi connectivity index (χ4n) is 2.12. The minimum absolute atomic E-state index is 0. The average Bonchev–Trinajstić information content (AvgIpc) is 2.35. The number of rotatable bonds is 14. The van der Waals surface area contributed by atoms with Crippen LogP contribution in [0.5, 0.6) is 0 Å². The molecular formula is C16H36Cl2NTi-. The monoisotopic (exact) mass is 360 g/mol. The minimum atomic E-state index is 0. The number of nitrogens with zero attached hydrogens (tertiary/aromatic N) is 1. The van der Waals surface area contributed by atoms with Gasteiger partial charge >= 0.3 is 0 Å². The first kappa shape index (κ1) is 29.3. The molecule has 0 aromatic carbocycles. The van der Waals surface area contributed by atoms with Crippen LogP contribution in [-0.2, 0) is 21.7 Å². The molecule has 0 amide bonds. The van der Waals surface area contributed by atoms with Crippen molar-refractivity contribution in [1.29, 1.82) is 0 Å². The van der Waals surface area contributed by atoms with Crippen molar-refractivity contribution in [2.24, 2.45) is 0 Å². The normalized spacial score (nSPS) is 9.30. The van der Waals surface area contributed by atoms with Crippen LogP contribution in [0.3, 0.4) is 0 Å². The first-order valence-corrected chi connectivity index (χ1v) is 8.05. The maximum atomic E-state index is 4.61. The average molecular weight is 361 g/mol. The topological polar surface area (TPSA) is 14.1 Å². The van der Waals surface area contributed by atoms with E-state index in [-0.39, 0.29) is 46.5 Å². The maximum Gasteiger partial charge on any atom is 0 e. The van der Waals surface area contributed by atoms with E-state index in [0.717, 1.165) is 13.1 Å². The standard InChI is InChI=1S/C16H34N.2ClH.Ti/c1-3-5-7-9-11-13-15-17-16-14-12-10-8-6-4-2;;;/h3-16H2,1-2H3;2*1H;/q-1;;;. The van der Waals surface area contributed by atoms with Crippen LogP contribution < -0.4 is 0 Å². The molecule has 0 N–H and O–H groups in total. The van der Waals surface area contributed by atoms with Gasteiger partial charge in [-0.15, -0.1) is 37.9 Å². The summed E-state index contributed by atoms with van der Waals surface area (Å²) in [4.78, 5) is 0. The summed E-state index contributed by atoms with van der Waals surface area (Å²) in [5, 5.41) is 4.61. The molecule has 0 aromatic rings. The fourth-order valence-corrected chi connectivity index (χ4v) is 2.12. The molecule has 0 fully saturated rings. The molecule has 0 saturated heterocycles. The van der Waals surface area contributed by atoms with Crippen LogP contribution in [0.1, 0.15) is 90.9 Å². The summed E-state index contributed by atoms with van der Waals surface area (Å²) in [6, 6.07) is 0. The van der Waals surface area contributed by atoms with Crippen LogP contribution >= 0.6 is 24.8 Å². The summed E-state index contributed by atoms with van der Waals surface area (Å²) in [7, 11) is 0. The molecule has 1 nitrogen and oxygen atoms in total. The Morgan fingerprint density at radius 3 is 1.15 bits per heavy atom. The Labute approximate surface area is 155 Å². The molecule has 0 radical (unpaired) electrons. The zero-order valence-electron chi connectivity index (χ0n) is 13.7. The molecule has 0 aliphatic carbocycles. The smallest absolute Gasteiger partial charge is 0 e. The summed E-state index contributed by atoms with van der Waals surface area (Å²) in [5.74, 6) is 0. The van der Waals surface area contributed by atoms with E-state index in [1.165, 1.54) is 77.0 Å². The van der Waals surface area contributed by atoms with Gasteiger partial charge in [0.2, 0.25) is 0 Å². The maximum absolute atomic E-state index is 4.61. The largest absolute Gasteiger partial charge is 0.662 e. The van der Waals surface area contributed by atoms with Crippen molar-refractivity contribution in [2.75, 3.05) is 13.1 Å².